The van der Waals surface area contributed by atoms with Crippen molar-refractivity contribution in [1.82, 2.24) is 15.0 Å². The van der Waals surface area contributed by atoms with Crippen LogP contribution in [0.2, 0.25) is 0 Å². The van der Waals surface area contributed by atoms with Crippen molar-refractivity contribution in [3.63, 3.8) is 0 Å². The number of pyridine rings is 1. The molecule has 19 heavy (non-hydrogen) atoms. The van der Waals surface area contributed by atoms with Gasteiger partial charge in [-0.25, -0.2) is 13.1 Å². The van der Waals surface area contributed by atoms with Crippen molar-refractivity contribution in [2.75, 3.05) is 13.1 Å². The Kier molecular flexibility index (Phi) is 5.25. The van der Waals surface area contributed by atoms with Crippen molar-refractivity contribution >= 4 is 15.9 Å². The van der Waals surface area contributed by atoms with Crippen LogP contribution in [0.1, 0.15) is 13.8 Å². The van der Waals surface area contributed by atoms with Crippen molar-refractivity contribution in [2.45, 2.75) is 18.7 Å². The minimum absolute atomic E-state index is 0.0937. The summed E-state index contributed by atoms with van der Waals surface area (Å²) >= 11 is 0. The van der Waals surface area contributed by atoms with E-state index in [0.717, 1.165) is 12.3 Å². The summed E-state index contributed by atoms with van der Waals surface area (Å²) in [5, 5.41) is 2.59. The molecule has 0 aliphatic rings. The summed E-state index contributed by atoms with van der Waals surface area (Å²) in [5.41, 5.74) is -0.395. The molecule has 0 aliphatic carbocycles. The first-order valence-electron chi connectivity index (χ1n) is 5.76. The molecule has 0 spiro atoms. The molecule has 0 bridgehead atoms. The van der Waals surface area contributed by atoms with Gasteiger partial charge in [-0.15, -0.1) is 0 Å². The summed E-state index contributed by atoms with van der Waals surface area (Å²) in [7, 11) is -3.79. The van der Waals surface area contributed by atoms with E-state index in [2.05, 4.69) is 15.0 Å². The van der Waals surface area contributed by atoms with Crippen LogP contribution < -0.4 is 15.6 Å². The van der Waals surface area contributed by atoms with Crippen molar-refractivity contribution < 1.29 is 13.2 Å². The smallest absolute Gasteiger partial charge is 0.247 e. The number of sulfonamides is 1. The van der Waals surface area contributed by atoms with Gasteiger partial charge in [0.2, 0.25) is 21.5 Å². The van der Waals surface area contributed by atoms with Crippen LogP contribution in [0.25, 0.3) is 0 Å². The van der Waals surface area contributed by atoms with Crippen molar-refractivity contribution in [1.29, 1.82) is 0 Å². The summed E-state index contributed by atoms with van der Waals surface area (Å²) < 4.78 is 25.7. The number of carbonyl (C=O) groups is 1. The molecular weight excluding hydrogens is 270 g/mol. The van der Waals surface area contributed by atoms with Gasteiger partial charge in [-0.05, 0) is 12.0 Å². The first-order valence-corrected chi connectivity index (χ1v) is 7.24. The van der Waals surface area contributed by atoms with Gasteiger partial charge < -0.3 is 10.3 Å². The number of hydrogen-bond donors (Lipinski definition) is 3. The molecule has 0 aromatic carbocycles. The van der Waals surface area contributed by atoms with E-state index in [1.165, 1.54) is 6.07 Å². The van der Waals surface area contributed by atoms with E-state index in [1.807, 2.05) is 13.8 Å². The summed E-state index contributed by atoms with van der Waals surface area (Å²) in [5.74, 6) is -0.110. The third kappa shape index (κ3) is 5.23. The summed E-state index contributed by atoms with van der Waals surface area (Å²) in [6.07, 6.45) is 1.08. The van der Waals surface area contributed by atoms with Crippen molar-refractivity contribution in [3.8, 4) is 0 Å². The van der Waals surface area contributed by atoms with Crippen LogP contribution in [0.3, 0.4) is 0 Å². The molecule has 0 unspecified atom stereocenters. The Morgan fingerprint density at radius 2 is 2.05 bits per heavy atom. The molecule has 0 atom stereocenters. The van der Waals surface area contributed by atoms with Gasteiger partial charge in [0.15, 0.2) is 0 Å². The molecule has 3 N–H and O–H groups in total. The SMILES string of the molecule is CC(C)CNC(=O)CNS(=O)(=O)c1ccc(=O)[nH]c1. The zero-order chi connectivity index (χ0) is 14.5. The number of amides is 1. The normalized spacial score (nSPS) is 11.5. The quantitative estimate of drug-likeness (QED) is 0.650. The number of hydrogen-bond acceptors (Lipinski definition) is 4. The topological polar surface area (TPSA) is 108 Å². The van der Waals surface area contributed by atoms with E-state index < -0.39 is 21.5 Å². The fourth-order valence-corrected chi connectivity index (χ4v) is 2.14. The minimum atomic E-state index is -3.79. The molecule has 0 aliphatic heterocycles. The highest BCUT2D eigenvalue weighted by molar-refractivity contribution is 7.89. The molecule has 1 heterocycles. The molecule has 1 aromatic heterocycles. The molecule has 106 valence electrons. The largest absolute Gasteiger partial charge is 0.355 e. The minimum Gasteiger partial charge on any atom is -0.355 e. The van der Waals surface area contributed by atoms with Crippen LogP contribution in [0, 0.1) is 5.92 Å². The van der Waals surface area contributed by atoms with E-state index >= 15 is 0 Å². The van der Waals surface area contributed by atoms with Gasteiger partial charge in [-0.3, -0.25) is 9.59 Å². The molecule has 7 nitrogen and oxygen atoms in total. The third-order valence-corrected chi connectivity index (χ3v) is 3.60. The maximum Gasteiger partial charge on any atom is 0.247 e. The maximum atomic E-state index is 11.8. The van der Waals surface area contributed by atoms with Gasteiger partial charge >= 0.3 is 0 Å². The zero-order valence-electron chi connectivity index (χ0n) is 10.8. The summed E-state index contributed by atoms with van der Waals surface area (Å²) in [6, 6.07) is 2.28. The average Bonchev–Trinajstić information content (AvgIpc) is 2.34. The molecular formula is C11H17N3O4S. The Morgan fingerprint density at radius 1 is 1.37 bits per heavy atom. The van der Waals surface area contributed by atoms with Gasteiger partial charge in [0, 0.05) is 18.8 Å². The van der Waals surface area contributed by atoms with Gasteiger partial charge in [0.25, 0.3) is 0 Å². The fourth-order valence-electron chi connectivity index (χ4n) is 1.19. The van der Waals surface area contributed by atoms with Crippen LogP contribution in [0.15, 0.2) is 28.0 Å². The van der Waals surface area contributed by atoms with Gasteiger partial charge in [-0.2, -0.15) is 0 Å². The number of nitrogens with one attached hydrogen (secondary N) is 3. The van der Waals surface area contributed by atoms with Gasteiger partial charge in [0.05, 0.1) is 11.4 Å². The van der Waals surface area contributed by atoms with Gasteiger partial charge in [-0.1, -0.05) is 13.8 Å². The Bertz CT molecular complexity index is 572. The Morgan fingerprint density at radius 3 is 2.58 bits per heavy atom. The highest BCUT2D eigenvalue weighted by Crippen LogP contribution is 2.03. The van der Waals surface area contributed by atoms with E-state index in [-0.39, 0.29) is 11.4 Å². The van der Waals surface area contributed by atoms with E-state index in [1.54, 1.807) is 0 Å². The zero-order valence-corrected chi connectivity index (χ0v) is 11.6. The number of aromatic amines is 1. The van der Waals surface area contributed by atoms with Crippen LogP contribution in [-0.4, -0.2) is 32.4 Å². The molecule has 0 radical (unpaired) electrons. The van der Waals surface area contributed by atoms with Crippen molar-refractivity contribution in [3.05, 3.63) is 28.7 Å². The highest BCUT2D eigenvalue weighted by Gasteiger charge is 2.15. The summed E-state index contributed by atoms with van der Waals surface area (Å²) in [6.45, 7) is 4.02. The maximum absolute atomic E-state index is 11.8. The molecule has 0 fully saturated rings. The standard InChI is InChI=1S/C11H17N3O4S/c1-8(2)5-12-11(16)7-14-19(17,18)9-3-4-10(15)13-6-9/h3-4,6,8,14H,5,7H2,1-2H3,(H,12,16)(H,13,15). The Hall–Kier alpha value is -1.67. The third-order valence-electron chi connectivity index (χ3n) is 2.20. The second-order valence-corrected chi connectivity index (χ2v) is 6.18. The molecule has 0 saturated heterocycles. The van der Waals surface area contributed by atoms with Crippen LogP contribution in [-0.2, 0) is 14.8 Å². The molecule has 0 saturated carbocycles. The molecule has 1 amide bonds. The Balaban J connectivity index is 2.58. The first kappa shape index (κ1) is 15.4. The predicted octanol–water partition coefficient (Wildman–Crippen LogP) is -0.575. The first-order chi connectivity index (χ1) is 8.81. The molecule has 1 aromatic rings. The highest BCUT2D eigenvalue weighted by atomic mass is 32.2. The van der Waals surface area contributed by atoms with Crippen LogP contribution >= 0.6 is 0 Å². The second-order valence-electron chi connectivity index (χ2n) is 4.41. The monoisotopic (exact) mass is 287 g/mol. The fraction of sp³-hybridized carbons (Fsp3) is 0.455. The molecule has 1 rings (SSSR count). The van der Waals surface area contributed by atoms with E-state index in [4.69, 9.17) is 0 Å². The average molecular weight is 287 g/mol. The summed E-state index contributed by atoms with van der Waals surface area (Å²) in [4.78, 5) is 24.4. The number of H-pyrrole nitrogens is 1. The number of carbonyl (C=O) groups excluding carboxylic acids is 1. The van der Waals surface area contributed by atoms with Crippen LogP contribution in [0.5, 0.6) is 0 Å². The lowest BCUT2D eigenvalue weighted by Gasteiger charge is -2.09. The predicted molar refractivity (Wildman–Crippen MR) is 70.1 cm³/mol. The number of aromatic nitrogens is 1. The van der Waals surface area contributed by atoms with Gasteiger partial charge in [0.1, 0.15) is 0 Å². The Labute approximate surface area is 111 Å². The van der Waals surface area contributed by atoms with Crippen LogP contribution in [0.4, 0.5) is 0 Å². The lowest BCUT2D eigenvalue weighted by atomic mass is 10.2. The van der Waals surface area contributed by atoms with E-state index in [9.17, 15) is 18.0 Å². The lowest BCUT2D eigenvalue weighted by molar-refractivity contribution is -0.120. The lowest BCUT2D eigenvalue weighted by Crippen LogP contribution is -2.38. The molecule has 8 heteroatoms. The number of rotatable bonds is 6. The second kappa shape index (κ2) is 6.48. The van der Waals surface area contributed by atoms with E-state index in [0.29, 0.717) is 12.5 Å². The van der Waals surface area contributed by atoms with Crippen molar-refractivity contribution in [2.24, 2.45) is 5.92 Å².